The molecule has 0 aromatic rings. The van der Waals surface area contributed by atoms with E-state index in [4.69, 9.17) is 9.53 Å². The zero-order valence-corrected chi connectivity index (χ0v) is 14.4. The maximum Gasteiger partial charge on any atom is 0.308 e. The van der Waals surface area contributed by atoms with Crippen molar-refractivity contribution in [1.82, 2.24) is 5.32 Å². The highest BCUT2D eigenvalue weighted by molar-refractivity contribution is 6.48. The van der Waals surface area contributed by atoms with Gasteiger partial charge in [-0.3, -0.25) is 9.59 Å². The van der Waals surface area contributed by atoms with Gasteiger partial charge in [0, 0.05) is 6.61 Å². The average molecular weight is 301 g/mol. The number of carbonyl (C=O) groups excluding carboxylic acids is 1. The molecule has 1 heterocycles. The molecule has 0 spiro atoms. The molecule has 20 heavy (non-hydrogen) atoms. The fourth-order valence-electron chi connectivity index (χ4n) is 2.63. The minimum absolute atomic E-state index is 0.0398. The zero-order chi connectivity index (χ0) is 15.7. The van der Waals surface area contributed by atoms with Gasteiger partial charge >= 0.3 is 5.97 Å². The normalized spacial score (nSPS) is 25.9. The first-order chi connectivity index (χ1) is 9.05. The van der Waals surface area contributed by atoms with E-state index in [1.807, 2.05) is 0 Å². The van der Waals surface area contributed by atoms with Crippen LogP contribution in [0.1, 0.15) is 27.7 Å². The van der Waals surface area contributed by atoms with Crippen molar-refractivity contribution in [3.8, 4) is 0 Å². The SMILES string of the molecule is C[C@@H](C(=O)O)[C@H]1NC(=O)[C@H]1[C@@H](CO[SiH](C)C)C(C)(C)C. The molecule has 0 radical (unpaired) electrons. The Morgan fingerprint density at radius 1 is 1.45 bits per heavy atom. The number of carboxylic acid groups (broad SMARTS) is 1. The van der Waals surface area contributed by atoms with Crippen LogP contribution in [0.4, 0.5) is 0 Å². The van der Waals surface area contributed by atoms with Crippen molar-refractivity contribution in [2.45, 2.75) is 46.8 Å². The number of hydrogen-bond donors (Lipinski definition) is 2. The van der Waals surface area contributed by atoms with Crippen molar-refractivity contribution >= 4 is 20.9 Å². The minimum Gasteiger partial charge on any atom is -0.481 e. The van der Waals surface area contributed by atoms with Crippen LogP contribution in [0, 0.1) is 23.2 Å². The highest BCUT2D eigenvalue weighted by Crippen LogP contribution is 2.40. The van der Waals surface area contributed by atoms with Crippen LogP contribution in [0.2, 0.25) is 13.1 Å². The van der Waals surface area contributed by atoms with Crippen molar-refractivity contribution in [2.75, 3.05) is 6.61 Å². The summed E-state index contributed by atoms with van der Waals surface area (Å²) < 4.78 is 5.84. The van der Waals surface area contributed by atoms with Crippen LogP contribution < -0.4 is 5.32 Å². The van der Waals surface area contributed by atoms with Gasteiger partial charge in [0.15, 0.2) is 9.04 Å². The van der Waals surface area contributed by atoms with Crippen molar-refractivity contribution in [3.05, 3.63) is 0 Å². The lowest BCUT2D eigenvalue weighted by Gasteiger charge is -2.47. The molecule has 5 nitrogen and oxygen atoms in total. The third-order valence-electron chi connectivity index (χ3n) is 4.08. The van der Waals surface area contributed by atoms with Gasteiger partial charge < -0.3 is 14.8 Å². The number of nitrogens with one attached hydrogen (secondary N) is 1. The number of carboxylic acids is 1. The summed E-state index contributed by atoms with van der Waals surface area (Å²) in [6, 6.07) is -0.290. The van der Waals surface area contributed by atoms with Gasteiger partial charge in [0.25, 0.3) is 0 Å². The number of carbonyl (C=O) groups is 2. The van der Waals surface area contributed by atoms with Crippen LogP contribution in [-0.2, 0) is 14.0 Å². The molecule has 0 unspecified atom stereocenters. The summed E-state index contributed by atoms with van der Waals surface area (Å²) in [5.41, 5.74) is -0.0950. The molecule has 6 heteroatoms. The summed E-state index contributed by atoms with van der Waals surface area (Å²) in [6.07, 6.45) is 0. The molecule has 1 amide bonds. The highest BCUT2D eigenvalue weighted by atomic mass is 28.3. The van der Waals surface area contributed by atoms with E-state index in [-0.39, 0.29) is 29.2 Å². The molecule has 116 valence electrons. The van der Waals surface area contributed by atoms with E-state index >= 15 is 0 Å². The average Bonchev–Trinajstić information content (AvgIpc) is 2.28. The van der Waals surface area contributed by atoms with E-state index in [1.54, 1.807) is 6.92 Å². The Morgan fingerprint density at radius 2 is 2.00 bits per heavy atom. The molecular formula is C14H27NO4Si. The summed E-state index contributed by atoms with van der Waals surface area (Å²) in [5.74, 6) is -1.71. The Hall–Kier alpha value is -0.883. The van der Waals surface area contributed by atoms with Crippen LogP contribution in [-0.4, -0.2) is 38.7 Å². The van der Waals surface area contributed by atoms with Gasteiger partial charge in [-0.15, -0.1) is 0 Å². The maximum atomic E-state index is 12.0. The molecule has 0 aliphatic carbocycles. The quantitative estimate of drug-likeness (QED) is 0.575. The van der Waals surface area contributed by atoms with Crippen molar-refractivity contribution < 1.29 is 19.1 Å². The summed E-state index contributed by atoms with van der Waals surface area (Å²) in [5, 5.41) is 11.9. The third kappa shape index (κ3) is 3.82. The number of hydrogen-bond acceptors (Lipinski definition) is 3. The lowest BCUT2D eigenvalue weighted by Crippen LogP contribution is -2.66. The van der Waals surface area contributed by atoms with Crippen LogP contribution in [0.3, 0.4) is 0 Å². The van der Waals surface area contributed by atoms with E-state index < -0.39 is 20.9 Å². The predicted molar refractivity (Wildman–Crippen MR) is 80.0 cm³/mol. The van der Waals surface area contributed by atoms with Crippen LogP contribution in [0.5, 0.6) is 0 Å². The number of β-lactam (4-membered cyclic amide) rings is 1. The van der Waals surface area contributed by atoms with Gasteiger partial charge in [0.05, 0.1) is 17.9 Å². The Labute approximate surface area is 122 Å². The Bertz CT molecular complexity index is 378. The molecule has 0 aromatic heterocycles. The van der Waals surface area contributed by atoms with E-state index in [2.05, 4.69) is 39.2 Å². The summed E-state index contributed by atoms with van der Waals surface area (Å²) in [4.78, 5) is 23.1. The van der Waals surface area contributed by atoms with Crippen molar-refractivity contribution in [2.24, 2.45) is 23.2 Å². The van der Waals surface area contributed by atoms with Gasteiger partial charge in [-0.2, -0.15) is 0 Å². The van der Waals surface area contributed by atoms with Gasteiger partial charge in [0.2, 0.25) is 5.91 Å². The second-order valence-corrected chi connectivity index (χ2v) is 9.47. The zero-order valence-electron chi connectivity index (χ0n) is 13.3. The van der Waals surface area contributed by atoms with E-state index in [0.717, 1.165) is 0 Å². The van der Waals surface area contributed by atoms with Gasteiger partial charge in [-0.1, -0.05) is 20.8 Å². The monoisotopic (exact) mass is 301 g/mol. The molecule has 0 saturated carbocycles. The lowest BCUT2D eigenvalue weighted by molar-refractivity contribution is -0.152. The largest absolute Gasteiger partial charge is 0.481 e. The van der Waals surface area contributed by atoms with E-state index in [9.17, 15) is 9.59 Å². The summed E-state index contributed by atoms with van der Waals surface area (Å²) >= 11 is 0. The van der Waals surface area contributed by atoms with Crippen LogP contribution in [0.25, 0.3) is 0 Å². The second kappa shape index (κ2) is 6.26. The molecule has 1 fully saturated rings. The van der Waals surface area contributed by atoms with Gasteiger partial charge in [-0.25, -0.2) is 0 Å². The molecule has 4 atom stereocenters. The minimum atomic E-state index is -1.16. The lowest BCUT2D eigenvalue weighted by atomic mass is 9.65. The molecule has 1 rings (SSSR count). The molecule has 1 saturated heterocycles. The van der Waals surface area contributed by atoms with Gasteiger partial charge in [0.1, 0.15) is 0 Å². The Morgan fingerprint density at radius 3 is 2.35 bits per heavy atom. The predicted octanol–water partition coefficient (Wildman–Crippen LogP) is 1.48. The first kappa shape index (κ1) is 17.2. The number of aliphatic carboxylic acids is 1. The topological polar surface area (TPSA) is 75.6 Å². The molecule has 2 N–H and O–H groups in total. The Balaban J connectivity index is 2.88. The molecular weight excluding hydrogens is 274 g/mol. The van der Waals surface area contributed by atoms with E-state index in [0.29, 0.717) is 6.61 Å². The first-order valence-electron chi connectivity index (χ1n) is 7.20. The third-order valence-corrected chi connectivity index (χ3v) is 4.94. The smallest absolute Gasteiger partial charge is 0.308 e. The molecule has 0 bridgehead atoms. The standard InChI is InChI=1S/C14H27NO4Si/c1-8(13(17)18)11-10(12(16)15-11)9(14(2,3)4)7-19-20(5)6/h8-11,20H,7H2,1-6H3,(H,15,16)(H,17,18)/t8-,9-,10+,11-/m1/s1. The maximum absolute atomic E-state index is 12.0. The Kier molecular flexibility index (Phi) is 5.37. The summed E-state index contributed by atoms with van der Waals surface area (Å²) in [7, 11) is -1.16. The fourth-order valence-corrected chi connectivity index (χ4v) is 3.22. The van der Waals surface area contributed by atoms with E-state index in [1.165, 1.54) is 0 Å². The first-order valence-corrected chi connectivity index (χ1v) is 9.98. The summed E-state index contributed by atoms with van der Waals surface area (Å²) in [6.45, 7) is 12.6. The molecule has 1 aliphatic heterocycles. The van der Waals surface area contributed by atoms with Crippen LogP contribution >= 0.6 is 0 Å². The van der Waals surface area contributed by atoms with Crippen LogP contribution in [0.15, 0.2) is 0 Å². The van der Waals surface area contributed by atoms with Crippen molar-refractivity contribution in [1.29, 1.82) is 0 Å². The second-order valence-electron chi connectivity index (χ2n) is 7.04. The fraction of sp³-hybridized carbons (Fsp3) is 0.857. The van der Waals surface area contributed by atoms with Gasteiger partial charge in [-0.05, 0) is 31.4 Å². The number of rotatable bonds is 6. The highest BCUT2D eigenvalue weighted by Gasteiger charge is 2.51. The number of amides is 1. The molecule has 1 aliphatic rings. The molecule has 0 aromatic carbocycles. The van der Waals surface area contributed by atoms with Crippen molar-refractivity contribution in [3.63, 3.8) is 0 Å².